The molecule has 1 aromatic carbocycles. The largest absolute Gasteiger partial charge is 0.481 e. The molecule has 0 aliphatic heterocycles. The minimum atomic E-state index is -1.32. The topological polar surface area (TPSA) is 37.3 Å². The molecule has 0 aromatic heterocycles. The second-order valence-corrected chi connectivity index (χ2v) is 3.27. The van der Waals surface area contributed by atoms with Gasteiger partial charge in [0.15, 0.2) is 11.6 Å². The van der Waals surface area contributed by atoms with Gasteiger partial charge in [-0.1, -0.05) is 6.92 Å². The van der Waals surface area contributed by atoms with Crippen LogP contribution in [0.1, 0.15) is 12.5 Å². The number of aliphatic carboxylic acids is 1. The fourth-order valence-corrected chi connectivity index (χ4v) is 1.15. The van der Waals surface area contributed by atoms with Crippen molar-refractivity contribution in [3.63, 3.8) is 0 Å². The van der Waals surface area contributed by atoms with Crippen LogP contribution in [0, 0.1) is 23.4 Å². The Kier molecular flexibility index (Phi) is 3.34. The molecule has 1 unspecified atom stereocenters. The fourth-order valence-electron chi connectivity index (χ4n) is 1.15. The molecule has 0 saturated carbocycles. The third kappa shape index (κ3) is 2.49. The molecule has 5 heteroatoms. The van der Waals surface area contributed by atoms with E-state index in [1.165, 1.54) is 6.92 Å². The van der Waals surface area contributed by atoms with E-state index in [1.54, 1.807) is 0 Å². The van der Waals surface area contributed by atoms with Gasteiger partial charge in [-0.3, -0.25) is 4.79 Å². The summed E-state index contributed by atoms with van der Waals surface area (Å²) in [6.45, 7) is 1.30. The summed E-state index contributed by atoms with van der Waals surface area (Å²) in [5.74, 6) is -5.57. The van der Waals surface area contributed by atoms with Crippen molar-refractivity contribution in [3.8, 4) is 0 Å². The zero-order valence-corrected chi connectivity index (χ0v) is 7.93. The van der Waals surface area contributed by atoms with Crippen LogP contribution in [0.15, 0.2) is 12.1 Å². The number of hydrogen-bond acceptors (Lipinski definition) is 1. The van der Waals surface area contributed by atoms with Crippen LogP contribution in [0.5, 0.6) is 0 Å². The molecule has 0 aliphatic carbocycles. The normalized spacial score (nSPS) is 12.5. The van der Waals surface area contributed by atoms with Crippen molar-refractivity contribution in [1.29, 1.82) is 0 Å². The molecule has 15 heavy (non-hydrogen) atoms. The maximum absolute atomic E-state index is 13.1. The summed E-state index contributed by atoms with van der Waals surface area (Å²) < 4.78 is 38.9. The molecule has 0 aliphatic rings. The summed E-state index contributed by atoms with van der Waals surface area (Å²) in [7, 11) is 0. The maximum atomic E-state index is 13.1. The van der Waals surface area contributed by atoms with E-state index in [2.05, 4.69) is 0 Å². The summed E-state index contributed by atoms with van der Waals surface area (Å²) in [5.41, 5.74) is -0.523. The SMILES string of the molecule is CC(Cc1c(F)ccc(F)c1F)C(=O)O. The highest BCUT2D eigenvalue weighted by molar-refractivity contribution is 5.69. The molecule has 1 N–H and O–H groups in total. The minimum Gasteiger partial charge on any atom is -0.481 e. The Balaban J connectivity index is 3.03. The van der Waals surface area contributed by atoms with E-state index in [4.69, 9.17) is 5.11 Å². The summed E-state index contributed by atoms with van der Waals surface area (Å²) in [6, 6.07) is 1.45. The number of carboxylic acids is 1. The molecule has 0 radical (unpaired) electrons. The van der Waals surface area contributed by atoms with Gasteiger partial charge in [0, 0.05) is 5.56 Å². The van der Waals surface area contributed by atoms with E-state index in [-0.39, 0.29) is 6.42 Å². The van der Waals surface area contributed by atoms with Crippen LogP contribution < -0.4 is 0 Å². The quantitative estimate of drug-likeness (QED) is 0.791. The van der Waals surface area contributed by atoms with Gasteiger partial charge in [-0.25, -0.2) is 13.2 Å². The van der Waals surface area contributed by atoms with Gasteiger partial charge in [0.25, 0.3) is 0 Å². The van der Waals surface area contributed by atoms with Crippen LogP contribution in [0.3, 0.4) is 0 Å². The first-order valence-corrected chi connectivity index (χ1v) is 4.28. The first-order valence-electron chi connectivity index (χ1n) is 4.28. The van der Waals surface area contributed by atoms with E-state index >= 15 is 0 Å². The molecule has 0 fully saturated rings. The van der Waals surface area contributed by atoms with Gasteiger partial charge in [-0.2, -0.15) is 0 Å². The second-order valence-electron chi connectivity index (χ2n) is 3.27. The van der Waals surface area contributed by atoms with E-state index in [1.807, 2.05) is 0 Å². The monoisotopic (exact) mass is 218 g/mol. The van der Waals surface area contributed by atoms with Gasteiger partial charge in [-0.15, -0.1) is 0 Å². The molecule has 2 nitrogen and oxygen atoms in total. The van der Waals surface area contributed by atoms with Gasteiger partial charge >= 0.3 is 5.97 Å². The van der Waals surface area contributed by atoms with Crippen LogP contribution in [-0.2, 0) is 11.2 Å². The van der Waals surface area contributed by atoms with Crippen molar-refractivity contribution in [1.82, 2.24) is 0 Å². The summed E-state index contributed by atoms with van der Waals surface area (Å²) in [4.78, 5) is 10.5. The molecule has 1 aromatic rings. The number of hydrogen-bond donors (Lipinski definition) is 1. The molecular weight excluding hydrogens is 209 g/mol. The summed E-state index contributed by atoms with van der Waals surface area (Å²) >= 11 is 0. The van der Waals surface area contributed by atoms with Crippen LogP contribution in [0.2, 0.25) is 0 Å². The van der Waals surface area contributed by atoms with Crippen molar-refractivity contribution in [2.24, 2.45) is 5.92 Å². The number of carboxylic acid groups (broad SMARTS) is 1. The molecule has 1 rings (SSSR count). The Hall–Kier alpha value is -1.52. The molecule has 0 bridgehead atoms. The van der Waals surface area contributed by atoms with Crippen LogP contribution >= 0.6 is 0 Å². The Labute approximate surface area is 84.3 Å². The maximum Gasteiger partial charge on any atom is 0.306 e. The van der Waals surface area contributed by atoms with Gasteiger partial charge in [0.2, 0.25) is 0 Å². The highest BCUT2D eigenvalue weighted by Gasteiger charge is 2.19. The second kappa shape index (κ2) is 4.33. The molecule has 0 spiro atoms. The van der Waals surface area contributed by atoms with Crippen molar-refractivity contribution < 1.29 is 23.1 Å². The third-order valence-corrected chi connectivity index (χ3v) is 2.07. The molecule has 82 valence electrons. The van der Waals surface area contributed by atoms with Gasteiger partial charge in [-0.05, 0) is 18.6 Å². The predicted molar refractivity (Wildman–Crippen MR) is 46.8 cm³/mol. The van der Waals surface area contributed by atoms with E-state index in [0.29, 0.717) is 6.07 Å². The predicted octanol–water partition coefficient (Wildman–Crippen LogP) is 2.37. The summed E-state index contributed by atoms with van der Waals surface area (Å²) in [5, 5.41) is 8.56. The number of rotatable bonds is 3. The number of carbonyl (C=O) groups is 1. The van der Waals surface area contributed by atoms with Crippen molar-refractivity contribution in [2.45, 2.75) is 13.3 Å². The van der Waals surface area contributed by atoms with E-state index < -0.39 is 34.9 Å². The van der Waals surface area contributed by atoms with Gasteiger partial charge in [0.05, 0.1) is 5.92 Å². The lowest BCUT2D eigenvalue weighted by molar-refractivity contribution is -0.141. The molecule has 0 heterocycles. The highest BCUT2D eigenvalue weighted by atomic mass is 19.2. The number of benzene rings is 1. The first-order chi connectivity index (χ1) is 6.93. The lowest BCUT2D eigenvalue weighted by Crippen LogP contribution is -2.14. The molecule has 0 amide bonds. The third-order valence-electron chi connectivity index (χ3n) is 2.07. The Morgan fingerprint density at radius 1 is 1.33 bits per heavy atom. The van der Waals surface area contributed by atoms with Crippen LogP contribution in [0.25, 0.3) is 0 Å². The van der Waals surface area contributed by atoms with Crippen molar-refractivity contribution in [3.05, 3.63) is 35.1 Å². The molecular formula is C10H9F3O2. The van der Waals surface area contributed by atoms with E-state index in [9.17, 15) is 18.0 Å². The van der Waals surface area contributed by atoms with Crippen LogP contribution in [-0.4, -0.2) is 11.1 Å². The van der Waals surface area contributed by atoms with Gasteiger partial charge < -0.3 is 5.11 Å². The lowest BCUT2D eigenvalue weighted by Gasteiger charge is -2.08. The highest BCUT2D eigenvalue weighted by Crippen LogP contribution is 2.19. The van der Waals surface area contributed by atoms with Crippen molar-refractivity contribution >= 4 is 5.97 Å². The smallest absolute Gasteiger partial charge is 0.306 e. The zero-order chi connectivity index (χ0) is 11.6. The lowest BCUT2D eigenvalue weighted by atomic mass is 10.0. The standard InChI is InChI=1S/C10H9F3O2/c1-5(10(14)15)4-6-7(11)2-3-8(12)9(6)13/h2-3,5H,4H2,1H3,(H,14,15). The first kappa shape index (κ1) is 11.6. The van der Waals surface area contributed by atoms with Crippen LogP contribution in [0.4, 0.5) is 13.2 Å². The Morgan fingerprint density at radius 3 is 2.40 bits per heavy atom. The van der Waals surface area contributed by atoms with Crippen molar-refractivity contribution in [2.75, 3.05) is 0 Å². The summed E-state index contributed by atoms with van der Waals surface area (Å²) in [6.07, 6.45) is -0.370. The average molecular weight is 218 g/mol. The Morgan fingerprint density at radius 2 is 1.87 bits per heavy atom. The van der Waals surface area contributed by atoms with E-state index in [0.717, 1.165) is 6.07 Å². The zero-order valence-electron chi connectivity index (χ0n) is 7.93. The minimum absolute atomic E-state index is 0.370. The average Bonchev–Trinajstić information content (AvgIpc) is 2.18. The molecule has 0 saturated heterocycles. The number of halogens is 3. The Bertz CT molecular complexity index is 390. The van der Waals surface area contributed by atoms with Gasteiger partial charge in [0.1, 0.15) is 5.82 Å². The molecule has 1 atom stereocenters. The fraction of sp³-hybridized carbons (Fsp3) is 0.300.